The monoisotopic (exact) mass is 250 g/mol. The van der Waals surface area contributed by atoms with E-state index in [0.29, 0.717) is 5.92 Å². The molecule has 0 radical (unpaired) electrons. The largest absolute Gasteiger partial charge is 0.462 e. The smallest absolute Gasteiger partial charge is 0.309 e. The van der Waals surface area contributed by atoms with Gasteiger partial charge >= 0.3 is 5.97 Å². The first kappa shape index (κ1) is 13.6. The Bertz CT molecular complexity index is 291. The van der Waals surface area contributed by atoms with Crippen LogP contribution in [0.2, 0.25) is 0 Å². The predicted molar refractivity (Wildman–Crippen MR) is 73.2 cm³/mol. The molecule has 2 unspecified atom stereocenters. The third-order valence-electron chi connectivity index (χ3n) is 3.99. The van der Waals surface area contributed by atoms with Crippen LogP contribution in [-0.2, 0) is 9.53 Å². The molecule has 2 rings (SSSR count). The summed E-state index contributed by atoms with van der Waals surface area (Å²) in [6.07, 6.45) is 15.1. The molecule has 2 nitrogen and oxygen atoms in total. The number of ether oxygens (including phenoxy) is 1. The number of hydrogen-bond donors (Lipinski definition) is 0. The second-order valence-electron chi connectivity index (χ2n) is 5.83. The summed E-state index contributed by atoms with van der Waals surface area (Å²) >= 11 is 0. The second kappa shape index (κ2) is 6.96. The van der Waals surface area contributed by atoms with E-state index in [0.717, 1.165) is 25.7 Å². The van der Waals surface area contributed by atoms with E-state index in [9.17, 15) is 4.79 Å². The van der Waals surface area contributed by atoms with Gasteiger partial charge in [-0.25, -0.2) is 0 Å². The predicted octanol–water partition coefficient (Wildman–Crippen LogP) is 4.24. The number of esters is 1. The van der Waals surface area contributed by atoms with Gasteiger partial charge in [-0.2, -0.15) is 0 Å². The topological polar surface area (TPSA) is 26.3 Å². The first-order valence-corrected chi connectivity index (χ1v) is 7.66. The van der Waals surface area contributed by atoms with Crippen LogP contribution in [0.15, 0.2) is 12.2 Å². The van der Waals surface area contributed by atoms with E-state index >= 15 is 0 Å². The van der Waals surface area contributed by atoms with E-state index in [1.165, 1.54) is 32.1 Å². The second-order valence-corrected chi connectivity index (χ2v) is 5.83. The Balaban J connectivity index is 1.80. The van der Waals surface area contributed by atoms with Gasteiger partial charge in [-0.15, -0.1) is 0 Å². The molecule has 0 N–H and O–H groups in total. The number of unbranched alkanes of at least 4 members (excludes halogenated alkanes) is 1. The number of allylic oxidation sites excluding steroid dienone is 2. The van der Waals surface area contributed by atoms with Gasteiger partial charge in [0.2, 0.25) is 0 Å². The normalized spacial score (nSPS) is 24.8. The van der Waals surface area contributed by atoms with Gasteiger partial charge in [0.15, 0.2) is 0 Å². The van der Waals surface area contributed by atoms with Gasteiger partial charge in [0, 0.05) is 0 Å². The van der Waals surface area contributed by atoms with Gasteiger partial charge in [-0.1, -0.05) is 31.9 Å². The zero-order chi connectivity index (χ0) is 12.8. The van der Waals surface area contributed by atoms with Crippen molar-refractivity contribution in [3.05, 3.63) is 12.2 Å². The van der Waals surface area contributed by atoms with Crippen LogP contribution in [0.1, 0.15) is 64.7 Å². The molecular formula is C16H26O2. The lowest BCUT2D eigenvalue weighted by Gasteiger charge is -2.23. The zero-order valence-electron chi connectivity index (χ0n) is 11.6. The van der Waals surface area contributed by atoms with E-state index in [4.69, 9.17) is 4.74 Å². The molecule has 0 heterocycles. The summed E-state index contributed by atoms with van der Waals surface area (Å²) in [5.41, 5.74) is 0. The van der Waals surface area contributed by atoms with E-state index in [1.807, 2.05) is 0 Å². The summed E-state index contributed by atoms with van der Waals surface area (Å²) in [5.74, 6) is 0.930. The number of carbonyl (C=O) groups excluding carboxylic acids is 1. The Morgan fingerprint density at radius 2 is 2.22 bits per heavy atom. The molecule has 18 heavy (non-hydrogen) atoms. The lowest BCUT2D eigenvalue weighted by Crippen LogP contribution is -2.22. The summed E-state index contributed by atoms with van der Waals surface area (Å²) in [7, 11) is 0. The summed E-state index contributed by atoms with van der Waals surface area (Å²) in [4.78, 5) is 11.8. The van der Waals surface area contributed by atoms with E-state index < -0.39 is 0 Å². The van der Waals surface area contributed by atoms with E-state index in [2.05, 4.69) is 19.1 Å². The Hall–Kier alpha value is -0.790. The third kappa shape index (κ3) is 4.47. The maximum atomic E-state index is 11.8. The standard InChI is InChI=1S/C16H26O2/c1-2-3-9-15(18-16(17)14-10-11-14)12-13-7-5-4-6-8-13/h5,7,13-15H,2-4,6,8-12H2,1H3. The molecule has 102 valence electrons. The Kier molecular flexibility index (Phi) is 5.27. The van der Waals surface area contributed by atoms with Crippen LogP contribution in [0.25, 0.3) is 0 Å². The average molecular weight is 250 g/mol. The minimum absolute atomic E-state index is 0.0656. The molecule has 1 saturated carbocycles. The van der Waals surface area contributed by atoms with Crippen LogP contribution in [0.3, 0.4) is 0 Å². The molecule has 0 bridgehead atoms. The van der Waals surface area contributed by atoms with Gasteiger partial charge in [0.25, 0.3) is 0 Å². The lowest BCUT2D eigenvalue weighted by atomic mass is 9.89. The molecule has 0 spiro atoms. The first-order valence-electron chi connectivity index (χ1n) is 7.66. The average Bonchev–Trinajstić information content (AvgIpc) is 3.21. The van der Waals surface area contributed by atoms with E-state index in [1.54, 1.807) is 0 Å². The van der Waals surface area contributed by atoms with Crippen molar-refractivity contribution in [1.82, 2.24) is 0 Å². The van der Waals surface area contributed by atoms with Gasteiger partial charge < -0.3 is 4.74 Å². The number of carbonyl (C=O) groups is 1. The maximum absolute atomic E-state index is 11.8. The quantitative estimate of drug-likeness (QED) is 0.499. The minimum Gasteiger partial charge on any atom is -0.462 e. The van der Waals surface area contributed by atoms with Crippen LogP contribution in [0, 0.1) is 11.8 Å². The SMILES string of the molecule is CCCCC(CC1C=CCCC1)OC(=O)C1CC1. The van der Waals surface area contributed by atoms with Gasteiger partial charge in [-0.3, -0.25) is 4.79 Å². The summed E-state index contributed by atoms with van der Waals surface area (Å²) in [6.45, 7) is 2.19. The van der Waals surface area contributed by atoms with Gasteiger partial charge in [-0.05, 0) is 50.9 Å². The summed E-state index contributed by atoms with van der Waals surface area (Å²) in [6, 6.07) is 0. The van der Waals surface area contributed by atoms with Crippen LogP contribution in [0.5, 0.6) is 0 Å². The molecule has 0 saturated heterocycles. The Morgan fingerprint density at radius 1 is 1.39 bits per heavy atom. The third-order valence-corrected chi connectivity index (χ3v) is 3.99. The highest BCUT2D eigenvalue weighted by molar-refractivity contribution is 5.75. The fourth-order valence-electron chi connectivity index (χ4n) is 2.65. The molecule has 2 aliphatic carbocycles. The summed E-state index contributed by atoms with van der Waals surface area (Å²) in [5, 5.41) is 0. The van der Waals surface area contributed by atoms with Crippen molar-refractivity contribution in [1.29, 1.82) is 0 Å². The molecule has 2 aliphatic rings. The highest BCUT2D eigenvalue weighted by atomic mass is 16.5. The summed E-state index contributed by atoms with van der Waals surface area (Å²) < 4.78 is 5.71. The Labute approximate surface area is 111 Å². The first-order chi connectivity index (χ1) is 8.79. The van der Waals surface area contributed by atoms with Crippen LogP contribution < -0.4 is 0 Å². The minimum atomic E-state index is 0.0656. The molecule has 1 fully saturated rings. The Morgan fingerprint density at radius 3 is 2.83 bits per heavy atom. The fourth-order valence-corrected chi connectivity index (χ4v) is 2.65. The molecule has 2 atom stereocenters. The molecule has 0 aromatic carbocycles. The van der Waals surface area contributed by atoms with Crippen molar-refractivity contribution >= 4 is 5.97 Å². The maximum Gasteiger partial charge on any atom is 0.309 e. The van der Waals surface area contributed by atoms with Crippen LogP contribution in [-0.4, -0.2) is 12.1 Å². The lowest BCUT2D eigenvalue weighted by molar-refractivity contribution is -0.151. The van der Waals surface area contributed by atoms with Crippen molar-refractivity contribution in [2.75, 3.05) is 0 Å². The van der Waals surface area contributed by atoms with E-state index in [-0.39, 0.29) is 18.0 Å². The zero-order valence-corrected chi connectivity index (χ0v) is 11.6. The number of hydrogen-bond acceptors (Lipinski definition) is 2. The molecule has 2 heteroatoms. The van der Waals surface area contributed by atoms with Gasteiger partial charge in [0.1, 0.15) is 6.10 Å². The molecule has 0 aromatic rings. The van der Waals surface area contributed by atoms with Crippen molar-refractivity contribution in [3.8, 4) is 0 Å². The van der Waals surface area contributed by atoms with Crippen LogP contribution >= 0.6 is 0 Å². The van der Waals surface area contributed by atoms with Crippen molar-refractivity contribution in [2.24, 2.45) is 11.8 Å². The highest BCUT2D eigenvalue weighted by Gasteiger charge is 2.33. The molecular weight excluding hydrogens is 224 g/mol. The fraction of sp³-hybridized carbons (Fsp3) is 0.812. The number of rotatable bonds is 7. The molecule has 0 amide bonds. The van der Waals surface area contributed by atoms with Gasteiger partial charge in [0.05, 0.1) is 5.92 Å². The van der Waals surface area contributed by atoms with Crippen molar-refractivity contribution in [2.45, 2.75) is 70.8 Å². The van der Waals surface area contributed by atoms with Crippen LogP contribution in [0.4, 0.5) is 0 Å². The molecule has 0 aromatic heterocycles. The van der Waals surface area contributed by atoms with Crippen molar-refractivity contribution < 1.29 is 9.53 Å². The van der Waals surface area contributed by atoms with Crippen molar-refractivity contribution in [3.63, 3.8) is 0 Å². The highest BCUT2D eigenvalue weighted by Crippen LogP contribution is 2.32. The molecule has 0 aliphatic heterocycles.